The minimum Gasteiger partial charge on any atom is -0.353 e. The van der Waals surface area contributed by atoms with Crippen LogP contribution in [-0.4, -0.2) is 47.7 Å². The molecule has 11 heteroatoms. The Balaban J connectivity index is 1.66. The topological polar surface area (TPSA) is 134 Å². The minimum absolute atomic E-state index is 0.00168. The van der Waals surface area contributed by atoms with E-state index in [4.69, 9.17) is 0 Å². The van der Waals surface area contributed by atoms with Gasteiger partial charge in [0.15, 0.2) is 0 Å². The standard InChI is InChI=1S/C22H28N4O5S2/c1-14(2)20(25-21-17-7-5-6-8-18(17)33(30,31)26-21)22(27)23-11-12-24-32(28,29)19-13-15(3)9-10-16(19)4/h5-10,13-14,20,24H,11-12H2,1-4H3,(H,23,27)(H,25,26)/t20-/m0/s1. The van der Waals surface area contributed by atoms with Gasteiger partial charge in [0.05, 0.1) is 9.79 Å². The van der Waals surface area contributed by atoms with Crippen molar-refractivity contribution >= 4 is 31.8 Å². The molecule has 0 unspecified atom stereocenters. The van der Waals surface area contributed by atoms with E-state index in [0.29, 0.717) is 11.1 Å². The molecule has 2 aromatic carbocycles. The highest BCUT2D eigenvalue weighted by molar-refractivity contribution is 7.90. The Bertz CT molecular complexity index is 1300. The molecular formula is C22H28N4O5S2. The first kappa shape index (κ1) is 24.9. The first-order valence-electron chi connectivity index (χ1n) is 10.5. The van der Waals surface area contributed by atoms with E-state index in [1.54, 1.807) is 51.1 Å². The fraction of sp³-hybridized carbons (Fsp3) is 0.364. The van der Waals surface area contributed by atoms with Crippen LogP contribution in [0.25, 0.3) is 0 Å². The lowest BCUT2D eigenvalue weighted by molar-refractivity contribution is -0.123. The van der Waals surface area contributed by atoms with Crippen LogP contribution in [0.1, 0.15) is 30.5 Å². The molecule has 3 rings (SSSR count). The average molecular weight is 493 g/mol. The summed E-state index contributed by atoms with van der Waals surface area (Å²) < 4.78 is 54.7. The van der Waals surface area contributed by atoms with Gasteiger partial charge in [-0.15, -0.1) is 0 Å². The van der Waals surface area contributed by atoms with Gasteiger partial charge in [-0.05, 0) is 49.1 Å². The van der Waals surface area contributed by atoms with Gasteiger partial charge in [-0.1, -0.05) is 38.1 Å². The Morgan fingerprint density at radius 1 is 1.09 bits per heavy atom. The molecule has 1 atom stereocenters. The molecule has 1 aliphatic rings. The average Bonchev–Trinajstić information content (AvgIpc) is 3.01. The number of benzene rings is 2. The number of rotatable bonds is 8. The number of sulfonamides is 2. The molecule has 0 aliphatic carbocycles. The van der Waals surface area contributed by atoms with Crippen LogP contribution in [0, 0.1) is 19.8 Å². The summed E-state index contributed by atoms with van der Waals surface area (Å²) in [5, 5.41) is 2.68. The summed E-state index contributed by atoms with van der Waals surface area (Å²) in [7, 11) is -7.43. The second kappa shape index (κ2) is 9.62. The van der Waals surface area contributed by atoms with Crippen molar-refractivity contribution in [2.24, 2.45) is 10.9 Å². The predicted octanol–water partition coefficient (Wildman–Crippen LogP) is 1.46. The van der Waals surface area contributed by atoms with Gasteiger partial charge in [-0.3, -0.25) is 14.5 Å². The second-order valence-corrected chi connectivity index (χ2v) is 11.6. The van der Waals surface area contributed by atoms with Gasteiger partial charge in [0, 0.05) is 18.7 Å². The molecule has 0 spiro atoms. The van der Waals surface area contributed by atoms with Gasteiger partial charge >= 0.3 is 0 Å². The number of carbonyl (C=O) groups is 1. The molecule has 2 aromatic rings. The Labute approximate surface area is 194 Å². The SMILES string of the molecule is Cc1ccc(C)c(S(=O)(=O)NCCNC(=O)[C@@H](N=C2NS(=O)(=O)c3ccccc32)C(C)C)c1. The molecular weight excluding hydrogens is 464 g/mol. The van der Waals surface area contributed by atoms with E-state index in [-0.39, 0.29) is 34.6 Å². The van der Waals surface area contributed by atoms with E-state index < -0.39 is 32.0 Å². The molecule has 3 N–H and O–H groups in total. The molecule has 0 radical (unpaired) electrons. The second-order valence-electron chi connectivity index (χ2n) is 8.23. The van der Waals surface area contributed by atoms with Crippen LogP contribution in [0.3, 0.4) is 0 Å². The maximum Gasteiger partial charge on any atom is 0.263 e. The van der Waals surface area contributed by atoms with Crippen molar-refractivity contribution in [3.8, 4) is 0 Å². The first-order chi connectivity index (χ1) is 15.4. The largest absolute Gasteiger partial charge is 0.353 e. The molecule has 1 heterocycles. The minimum atomic E-state index is -3.72. The number of carbonyl (C=O) groups excluding carboxylic acids is 1. The van der Waals surface area contributed by atoms with Crippen LogP contribution in [0.5, 0.6) is 0 Å². The van der Waals surface area contributed by atoms with Crippen molar-refractivity contribution in [2.45, 2.75) is 43.5 Å². The van der Waals surface area contributed by atoms with Crippen LogP contribution < -0.4 is 14.8 Å². The third kappa shape index (κ3) is 5.60. The van der Waals surface area contributed by atoms with Gasteiger partial charge in [0.25, 0.3) is 10.0 Å². The van der Waals surface area contributed by atoms with E-state index in [0.717, 1.165) is 5.56 Å². The van der Waals surface area contributed by atoms with Gasteiger partial charge in [-0.25, -0.2) is 21.6 Å². The molecule has 9 nitrogen and oxygen atoms in total. The van der Waals surface area contributed by atoms with Gasteiger partial charge in [0.2, 0.25) is 15.9 Å². The lowest BCUT2D eigenvalue weighted by Crippen LogP contribution is -2.42. The molecule has 1 aliphatic heterocycles. The number of hydrogen-bond donors (Lipinski definition) is 3. The van der Waals surface area contributed by atoms with E-state index in [2.05, 4.69) is 19.8 Å². The van der Waals surface area contributed by atoms with Crippen LogP contribution in [0.2, 0.25) is 0 Å². The Kier molecular flexibility index (Phi) is 7.25. The van der Waals surface area contributed by atoms with Crippen LogP contribution in [-0.2, 0) is 24.8 Å². The van der Waals surface area contributed by atoms with E-state index in [1.165, 1.54) is 6.07 Å². The van der Waals surface area contributed by atoms with Crippen molar-refractivity contribution in [1.29, 1.82) is 0 Å². The number of fused-ring (bicyclic) bond motifs is 1. The Hall–Kier alpha value is -2.76. The zero-order valence-corrected chi connectivity index (χ0v) is 20.5. The van der Waals surface area contributed by atoms with Crippen molar-refractivity contribution < 1.29 is 21.6 Å². The Morgan fingerprint density at radius 3 is 2.48 bits per heavy atom. The predicted molar refractivity (Wildman–Crippen MR) is 126 cm³/mol. The summed E-state index contributed by atoms with van der Waals surface area (Å²) in [6.07, 6.45) is 0. The number of nitrogens with one attached hydrogen (secondary N) is 3. The third-order valence-electron chi connectivity index (χ3n) is 5.18. The van der Waals surface area contributed by atoms with E-state index in [9.17, 15) is 21.6 Å². The summed E-state index contributed by atoms with van der Waals surface area (Å²) in [4.78, 5) is 17.5. The fourth-order valence-corrected chi connectivity index (χ4v) is 6.03. The first-order valence-corrected chi connectivity index (χ1v) is 13.4. The Morgan fingerprint density at radius 2 is 1.79 bits per heavy atom. The number of amidine groups is 1. The van der Waals surface area contributed by atoms with Gasteiger partial charge in [0.1, 0.15) is 11.9 Å². The molecule has 0 saturated heterocycles. The highest BCUT2D eigenvalue weighted by atomic mass is 32.2. The molecule has 0 aromatic heterocycles. The lowest BCUT2D eigenvalue weighted by Gasteiger charge is -2.17. The van der Waals surface area contributed by atoms with E-state index in [1.807, 2.05) is 13.0 Å². The monoisotopic (exact) mass is 492 g/mol. The zero-order valence-electron chi connectivity index (χ0n) is 18.9. The smallest absolute Gasteiger partial charge is 0.263 e. The van der Waals surface area contributed by atoms with Crippen LogP contribution >= 0.6 is 0 Å². The summed E-state index contributed by atoms with van der Waals surface area (Å²) in [5.74, 6) is -0.525. The van der Waals surface area contributed by atoms with E-state index >= 15 is 0 Å². The van der Waals surface area contributed by atoms with Crippen LogP contribution in [0.15, 0.2) is 57.2 Å². The van der Waals surface area contributed by atoms with Crippen molar-refractivity contribution in [1.82, 2.24) is 14.8 Å². The maximum atomic E-state index is 12.8. The summed E-state index contributed by atoms with van der Waals surface area (Å²) in [5.41, 5.74) is 1.88. The number of nitrogens with zero attached hydrogens (tertiary/aromatic N) is 1. The molecule has 0 bridgehead atoms. The van der Waals surface area contributed by atoms with Gasteiger partial charge in [-0.2, -0.15) is 0 Å². The quantitative estimate of drug-likeness (QED) is 0.480. The third-order valence-corrected chi connectivity index (χ3v) is 8.18. The lowest BCUT2D eigenvalue weighted by atomic mass is 10.0. The number of aryl methyl sites for hydroxylation is 2. The van der Waals surface area contributed by atoms with Crippen molar-refractivity contribution in [2.75, 3.05) is 13.1 Å². The van der Waals surface area contributed by atoms with Gasteiger partial charge < -0.3 is 5.32 Å². The highest BCUT2D eigenvalue weighted by Gasteiger charge is 2.32. The molecule has 0 fully saturated rings. The fourth-order valence-electron chi connectivity index (χ4n) is 3.43. The maximum absolute atomic E-state index is 12.8. The highest BCUT2D eigenvalue weighted by Crippen LogP contribution is 2.23. The number of hydrogen-bond acceptors (Lipinski definition) is 6. The normalized spacial score (nSPS) is 16.9. The molecule has 1 amide bonds. The summed E-state index contributed by atoms with van der Waals surface area (Å²) in [6.45, 7) is 7.18. The van der Waals surface area contributed by atoms with Crippen molar-refractivity contribution in [3.05, 3.63) is 59.2 Å². The number of amides is 1. The van der Waals surface area contributed by atoms with Crippen molar-refractivity contribution in [3.63, 3.8) is 0 Å². The molecule has 0 saturated carbocycles. The number of aliphatic imine (C=N–C) groups is 1. The van der Waals surface area contributed by atoms with Crippen LogP contribution in [0.4, 0.5) is 0 Å². The summed E-state index contributed by atoms with van der Waals surface area (Å²) in [6, 6.07) is 10.7. The molecule has 33 heavy (non-hydrogen) atoms. The zero-order chi connectivity index (χ0) is 24.4. The molecule has 178 valence electrons. The summed E-state index contributed by atoms with van der Waals surface area (Å²) >= 11 is 0.